The molecule has 0 bridgehead atoms. The standard InChI is InChI=1S/C21H27N5O3/c1-6-29-20(28)18-15(5)25(11-17(27)24-13(2)3)21-22-12-23-26(21)19(18)16-9-7-14(4)8-10-16/h7-10,12-13,19H,6,11H2,1-5H3,(H,24,27)/t19-/m1/s1. The van der Waals surface area contributed by atoms with Crippen LogP contribution in [0, 0.1) is 6.92 Å². The van der Waals surface area contributed by atoms with Gasteiger partial charge in [-0.15, -0.1) is 0 Å². The minimum absolute atomic E-state index is 0.0132. The number of esters is 1. The number of nitrogens with one attached hydrogen (secondary N) is 1. The van der Waals surface area contributed by atoms with Gasteiger partial charge in [-0.1, -0.05) is 29.8 Å². The molecule has 0 fully saturated rings. The number of ether oxygens (including phenoxy) is 1. The molecule has 1 aliphatic rings. The van der Waals surface area contributed by atoms with Crippen molar-refractivity contribution in [2.45, 2.75) is 46.7 Å². The van der Waals surface area contributed by atoms with E-state index in [0.29, 0.717) is 17.2 Å². The quantitative estimate of drug-likeness (QED) is 0.753. The van der Waals surface area contributed by atoms with Gasteiger partial charge in [0.1, 0.15) is 18.9 Å². The van der Waals surface area contributed by atoms with Gasteiger partial charge in [0, 0.05) is 11.7 Å². The Kier molecular flexibility index (Phi) is 6.00. The van der Waals surface area contributed by atoms with E-state index in [1.807, 2.05) is 52.0 Å². The highest BCUT2D eigenvalue weighted by atomic mass is 16.5. The molecule has 2 aromatic rings. The molecular weight excluding hydrogens is 370 g/mol. The van der Waals surface area contributed by atoms with Gasteiger partial charge in [0.15, 0.2) is 0 Å². The highest BCUT2D eigenvalue weighted by Crippen LogP contribution is 2.38. The van der Waals surface area contributed by atoms with Crippen molar-refractivity contribution in [3.05, 3.63) is 53.0 Å². The molecule has 1 N–H and O–H groups in total. The summed E-state index contributed by atoms with van der Waals surface area (Å²) in [5, 5.41) is 7.25. The number of carbonyl (C=O) groups excluding carboxylic acids is 2. The van der Waals surface area contributed by atoms with Crippen molar-refractivity contribution in [3.8, 4) is 0 Å². The molecule has 154 valence electrons. The Morgan fingerprint density at radius 3 is 2.52 bits per heavy atom. The van der Waals surface area contributed by atoms with E-state index in [0.717, 1.165) is 11.1 Å². The summed E-state index contributed by atoms with van der Waals surface area (Å²) in [6, 6.07) is 7.47. The van der Waals surface area contributed by atoms with Crippen LogP contribution in [0.2, 0.25) is 0 Å². The van der Waals surface area contributed by atoms with Crippen LogP contribution in [0.5, 0.6) is 0 Å². The van der Waals surface area contributed by atoms with Crippen molar-refractivity contribution in [1.82, 2.24) is 20.1 Å². The third-order valence-electron chi connectivity index (χ3n) is 4.75. The van der Waals surface area contributed by atoms with Crippen molar-refractivity contribution in [2.24, 2.45) is 0 Å². The highest BCUT2D eigenvalue weighted by Gasteiger charge is 2.38. The number of rotatable bonds is 6. The third-order valence-corrected chi connectivity index (χ3v) is 4.75. The maximum atomic E-state index is 12.9. The van der Waals surface area contributed by atoms with Crippen LogP contribution in [0.3, 0.4) is 0 Å². The lowest BCUT2D eigenvalue weighted by Gasteiger charge is -2.35. The zero-order valence-corrected chi connectivity index (χ0v) is 17.5. The zero-order valence-electron chi connectivity index (χ0n) is 17.5. The van der Waals surface area contributed by atoms with Crippen LogP contribution in [0.4, 0.5) is 5.95 Å². The Morgan fingerprint density at radius 1 is 1.21 bits per heavy atom. The molecule has 0 radical (unpaired) electrons. The van der Waals surface area contributed by atoms with E-state index in [2.05, 4.69) is 15.4 Å². The second kappa shape index (κ2) is 8.46. The predicted molar refractivity (Wildman–Crippen MR) is 109 cm³/mol. The topological polar surface area (TPSA) is 89.3 Å². The number of hydrogen-bond acceptors (Lipinski definition) is 6. The second-order valence-electron chi connectivity index (χ2n) is 7.35. The minimum atomic E-state index is -0.475. The fourth-order valence-corrected chi connectivity index (χ4v) is 3.46. The molecule has 1 aliphatic heterocycles. The first-order valence-electron chi connectivity index (χ1n) is 9.74. The Hall–Kier alpha value is -3.16. The Labute approximate surface area is 170 Å². The lowest BCUT2D eigenvalue weighted by Crippen LogP contribution is -2.44. The number of amides is 1. The van der Waals surface area contributed by atoms with Crippen molar-refractivity contribution < 1.29 is 14.3 Å². The van der Waals surface area contributed by atoms with Gasteiger partial charge in [-0.25, -0.2) is 9.48 Å². The van der Waals surface area contributed by atoms with E-state index in [-0.39, 0.29) is 25.1 Å². The molecule has 2 heterocycles. The van der Waals surface area contributed by atoms with Crippen LogP contribution in [0.1, 0.15) is 44.9 Å². The first kappa shape index (κ1) is 20.6. The molecule has 1 aromatic carbocycles. The monoisotopic (exact) mass is 397 g/mol. The van der Waals surface area contributed by atoms with Crippen molar-refractivity contribution in [1.29, 1.82) is 0 Å². The molecule has 3 rings (SSSR count). The molecule has 8 heteroatoms. The van der Waals surface area contributed by atoms with Crippen LogP contribution in [-0.2, 0) is 14.3 Å². The lowest BCUT2D eigenvalue weighted by molar-refractivity contribution is -0.139. The maximum Gasteiger partial charge on any atom is 0.338 e. The number of allylic oxidation sites excluding steroid dienone is 1. The van der Waals surface area contributed by atoms with Gasteiger partial charge >= 0.3 is 5.97 Å². The Balaban J connectivity index is 2.11. The van der Waals surface area contributed by atoms with Crippen LogP contribution >= 0.6 is 0 Å². The van der Waals surface area contributed by atoms with Gasteiger partial charge in [0.25, 0.3) is 0 Å². The van der Waals surface area contributed by atoms with Gasteiger partial charge in [0.05, 0.1) is 12.2 Å². The van der Waals surface area contributed by atoms with Gasteiger partial charge in [-0.05, 0) is 40.2 Å². The molecule has 8 nitrogen and oxygen atoms in total. The van der Waals surface area contributed by atoms with E-state index < -0.39 is 12.0 Å². The van der Waals surface area contributed by atoms with Crippen molar-refractivity contribution in [2.75, 3.05) is 18.1 Å². The number of fused-ring (bicyclic) bond motifs is 1. The third kappa shape index (κ3) is 4.16. The molecule has 1 aromatic heterocycles. The number of benzene rings is 1. The zero-order chi connectivity index (χ0) is 21.1. The minimum Gasteiger partial charge on any atom is -0.463 e. The summed E-state index contributed by atoms with van der Waals surface area (Å²) >= 11 is 0. The number of aryl methyl sites for hydroxylation is 1. The number of nitrogens with zero attached hydrogens (tertiary/aromatic N) is 4. The van der Waals surface area contributed by atoms with Gasteiger partial charge in [-0.2, -0.15) is 10.1 Å². The van der Waals surface area contributed by atoms with Crippen LogP contribution in [-0.4, -0.2) is 45.8 Å². The fraction of sp³-hybridized carbons (Fsp3) is 0.429. The molecule has 0 saturated heterocycles. The molecule has 1 amide bonds. The summed E-state index contributed by atoms with van der Waals surface area (Å²) in [7, 11) is 0. The summed E-state index contributed by atoms with van der Waals surface area (Å²) in [4.78, 5) is 31.4. The largest absolute Gasteiger partial charge is 0.463 e. The van der Waals surface area contributed by atoms with E-state index >= 15 is 0 Å². The van der Waals surface area contributed by atoms with Gasteiger partial charge in [0.2, 0.25) is 11.9 Å². The summed E-state index contributed by atoms with van der Waals surface area (Å²) in [6.45, 7) is 9.68. The summed E-state index contributed by atoms with van der Waals surface area (Å²) in [6.07, 6.45) is 1.44. The van der Waals surface area contributed by atoms with Crippen LogP contribution < -0.4 is 10.2 Å². The average Bonchev–Trinajstić information content (AvgIpc) is 3.13. The summed E-state index contributed by atoms with van der Waals surface area (Å²) in [5.41, 5.74) is 3.10. The first-order chi connectivity index (χ1) is 13.8. The first-order valence-corrected chi connectivity index (χ1v) is 9.74. The number of aromatic nitrogens is 3. The van der Waals surface area contributed by atoms with E-state index in [9.17, 15) is 9.59 Å². The Bertz CT molecular complexity index is 930. The van der Waals surface area contributed by atoms with E-state index in [4.69, 9.17) is 4.74 Å². The number of hydrogen-bond donors (Lipinski definition) is 1. The van der Waals surface area contributed by atoms with Gasteiger partial charge in [-0.3, -0.25) is 4.79 Å². The molecule has 0 saturated carbocycles. The second-order valence-corrected chi connectivity index (χ2v) is 7.35. The van der Waals surface area contributed by atoms with E-state index in [1.54, 1.807) is 16.5 Å². The average molecular weight is 397 g/mol. The summed E-state index contributed by atoms with van der Waals surface area (Å²) < 4.78 is 7.02. The van der Waals surface area contributed by atoms with Gasteiger partial charge < -0.3 is 15.0 Å². The smallest absolute Gasteiger partial charge is 0.338 e. The molecule has 0 unspecified atom stereocenters. The SMILES string of the molecule is CCOC(=O)C1=C(C)N(CC(=O)NC(C)C)c2ncnn2[C@@H]1c1ccc(C)cc1. The normalized spacial score (nSPS) is 16.1. The fourth-order valence-electron chi connectivity index (χ4n) is 3.46. The van der Waals surface area contributed by atoms with Crippen molar-refractivity contribution >= 4 is 17.8 Å². The molecule has 0 aliphatic carbocycles. The number of carbonyl (C=O) groups is 2. The molecule has 29 heavy (non-hydrogen) atoms. The maximum absolute atomic E-state index is 12.9. The Morgan fingerprint density at radius 2 is 1.90 bits per heavy atom. The molecule has 1 atom stereocenters. The molecular formula is C21H27N5O3. The number of anilines is 1. The van der Waals surface area contributed by atoms with E-state index in [1.165, 1.54) is 6.33 Å². The molecule has 0 spiro atoms. The van der Waals surface area contributed by atoms with Crippen LogP contribution in [0.15, 0.2) is 41.9 Å². The van der Waals surface area contributed by atoms with Crippen molar-refractivity contribution in [3.63, 3.8) is 0 Å². The van der Waals surface area contributed by atoms with Crippen LogP contribution in [0.25, 0.3) is 0 Å². The summed E-state index contributed by atoms with van der Waals surface area (Å²) in [5.74, 6) is -0.0723. The predicted octanol–water partition coefficient (Wildman–Crippen LogP) is 2.36. The highest BCUT2D eigenvalue weighted by molar-refractivity contribution is 5.93. The lowest BCUT2D eigenvalue weighted by atomic mass is 9.94.